The lowest BCUT2D eigenvalue weighted by Gasteiger charge is -2.28. The Morgan fingerprint density at radius 2 is 1.92 bits per heavy atom. The number of likely N-dealkylation sites (tertiary alicyclic amines) is 1. The van der Waals surface area contributed by atoms with Crippen molar-refractivity contribution in [2.24, 2.45) is 5.41 Å². The van der Waals surface area contributed by atoms with Crippen LogP contribution in [0.1, 0.15) is 25.7 Å². The second kappa shape index (κ2) is 2.46. The van der Waals surface area contributed by atoms with Crippen LogP contribution in [0.5, 0.6) is 0 Å². The third-order valence-corrected chi connectivity index (χ3v) is 4.00. The first-order valence-electron chi connectivity index (χ1n) is 5.36. The molecule has 1 unspecified atom stereocenters. The smallest absolute Gasteiger partial charge is 0.0289 e. The first-order valence-corrected chi connectivity index (χ1v) is 5.36. The molecule has 3 aliphatic rings. The average molecular weight is 166 g/mol. The van der Waals surface area contributed by atoms with Gasteiger partial charge in [0.25, 0.3) is 0 Å². The summed E-state index contributed by atoms with van der Waals surface area (Å²) in [6.45, 7) is 5.30. The van der Waals surface area contributed by atoms with Crippen LogP contribution >= 0.6 is 0 Å². The number of nitrogens with zero attached hydrogens (tertiary/aromatic N) is 1. The first-order chi connectivity index (χ1) is 5.91. The summed E-state index contributed by atoms with van der Waals surface area (Å²) in [6, 6.07) is 0.903. The van der Waals surface area contributed by atoms with Crippen molar-refractivity contribution in [2.45, 2.75) is 31.7 Å². The summed E-state index contributed by atoms with van der Waals surface area (Å²) in [5, 5.41) is 3.56. The van der Waals surface area contributed by atoms with Gasteiger partial charge >= 0.3 is 0 Å². The van der Waals surface area contributed by atoms with Gasteiger partial charge in [0, 0.05) is 19.1 Å². The molecule has 2 heteroatoms. The van der Waals surface area contributed by atoms with Crippen molar-refractivity contribution >= 4 is 0 Å². The highest BCUT2D eigenvalue weighted by Crippen LogP contribution is 2.52. The fourth-order valence-corrected chi connectivity index (χ4v) is 3.03. The highest BCUT2D eigenvalue weighted by atomic mass is 15.2. The van der Waals surface area contributed by atoms with Gasteiger partial charge in [-0.25, -0.2) is 0 Å². The average Bonchev–Trinajstić information content (AvgIpc) is 2.51. The van der Waals surface area contributed by atoms with Gasteiger partial charge in [0.05, 0.1) is 0 Å². The molecule has 2 heterocycles. The lowest BCUT2D eigenvalue weighted by atomic mass is 10.00. The Kier molecular flexibility index (Phi) is 1.50. The van der Waals surface area contributed by atoms with Crippen LogP contribution in [0.4, 0.5) is 0 Å². The van der Waals surface area contributed by atoms with Gasteiger partial charge in [-0.15, -0.1) is 0 Å². The SMILES string of the molecule is C1CCN(C2CNCC23CC3)C1. The molecule has 1 N–H and O–H groups in total. The number of hydrogen-bond acceptors (Lipinski definition) is 2. The minimum Gasteiger partial charge on any atom is -0.315 e. The largest absolute Gasteiger partial charge is 0.315 e. The fraction of sp³-hybridized carbons (Fsp3) is 1.00. The Labute approximate surface area is 74.3 Å². The van der Waals surface area contributed by atoms with E-state index in [1.165, 1.54) is 51.9 Å². The van der Waals surface area contributed by atoms with Crippen molar-refractivity contribution in [1.82, 2.24) is 10.2 Å². The van der Waals surface area contributed by atoms with Crippen molar-refractivity contribution in [1.29, 1.82) is 0 Å². The predicted molar refractivity (Wildman–Crippen MR) is 49.1 cm³/mol. The lowest BCUT2D eigenvalue weighted by Crippen LogP contribution is -2.39. The molecular weight excluding hydrogens is 148 g/mol. The van der Waals surface area contributed by atoms with Crippen LogP contribution in [0.25, 0.3) is 0 Å². The molecule has 2 saturated heterocycles. The van der Waals surface area contributed by atoms with Gasteiger partial charge in [-0.1, -0.05) is 0 Å². The van der Waals surface area contributed by atoms with Crippen molar-refractivity contribution in [2.75, 3.05) is 26.2 Å². The summed E-state index contributed by atoms with van der Waals surface area (Å²) in [6.07, 6.45) is 5.85. The van der Waals surface area contributed by atoms with E-state index in [1.807, 2.05) is 0 Å². The van der Waals surface area contributed by atoms with Crippen LogP contribution in [-0.2, 0) is 0 Å². The molecule has 0 aromatic heterocycles. The van der Waals surface area contributed by atoms with Gasteiger partial charge < -0.3 is 5.32 Å². The van der Waals surface area contributed by atoms with Crippen molar-refractivity contribution in [3.63, 3.8) is 0 Å². The minimum atomic E-state index is 0.740. The molecule has 0 amide bonds. The van der Waals surface area contributed by atoms with E-state index >= 15 is 0 Å². The quantitative estimate of drug-likeness (QED) is 0.621. The van der Waals surface area contributed by atoms with Gasteiger partial charge in [-0.2, -0.15) is 0 Å². The van der Waals surface area contributed by atoms with Crippen LogP contribution in [0, 0.1) is 5.41 Å². The second-order valence-electron chi connectivity index (χ2n) is 4.75. The summed E-state index contributed by atoms with van der Waals surface area (Å²) in [5.74, 6) is 0. The Bertz CT molecular complexity index is 180. The Hall–Kier alpha value is -0.0800. The third-order valence-electron chi connectivity index (χ3n) is 4.00. The van der Waals surface area contributed by atoms with Crippen LogP contribution in [0.3, 0.4) is 0 Å². The Balaban J connectivity index is 1.74. The van der Waals surface area contributed by atoms with Crippen LogP contribution in [0.2, 0.25) is 0 Å². The first kappa shape index (κ1) is 7.34. The normalized spacial score (nSPS) is 39.5. The maximum Gasteiger partial charge on any atom is 0.0289 e. The summed E-state index contributed by atoms with van der Waals surface area (Å²) < 4.78 is 0. The molecule has 68 valence electrons. The zero-order valence-electron chi connectivity index (χ0n) is 7.68. The molecule has 0 bridgehead atoms. The van der Waals surface area contributed by atoms with E-state index in [1.54, 1.807) is 0 Å². The number of hydrogen-bond donors (Lipinski definition) is 1. The Morgan fingerprint density at radius 3 is 2.58 bits per heavy atom. The molecule has 3 fully saturated rings. The van der Waals surface area contributed by atoms with E-state index in [0.29, 0.717) is 0 Å². The molecule has 1 aliphatic carbocycles. The third kappa shape index (κ3) is 0.944. The zero-order valence-corrected chi connectivity index (χ0v) is 7.68. The van der Waals surface area contributed by atoms with Gasteiger partial charge in [0.15, 0.2) is 0 Å². The second-order valence-corrected chi connectivity index (χ2v) is 4.75. The predicted octanol–water partition coefficient (Wildman–Crippen LogP) is 0.834. The highest BCUT2D eigenvalue weighted by molar-refractivity contribution is 5.09. The molecule has 0 radical (unpaired) electrons. The molecule has 0 aromatic rings. The van der Waals surface area contributed by atoms with E-state index in [2.05, 4.69) is 10.2 Å². The monoisotopic (exact) mass is 166 g/mol. The molecule has 0 aromatic carbocycles. The maximum absolute atomic E-state index is 3.56. The van der Waals surface area contributed by atoms with E-state index in [0.717, 1.165) is 11.5 Å². The highest BCUT2D eigenvalue weighted by Gasteiger charge is 2.54. The van der Waals surface area contributed by atoms with Gasteiger partial charge in [-0.3, -0.25) is 4.90 Å². The van der Waals surface area contributed by atoms with Gasteiger partial charge in [-0.05, 0) is 44.2 Å². The summed E-state index contributed by atoms with van der Waals surface area (Å²) >= 11 is 0. The topological polar surface area (TPSA) is 15.3 Å². The van der Waals surface area contributed by atoms with E-state index in [-0.39, 0.29) is 0 Å². The summed E-state index contributed by atoms with van der Waals surface area (Å²) in [7, 11) is 0. The van der Waals surface area contributed by atoms with Crippen LogP contribution in [-0.4, -0.2) is 37.1 Å². The lowest BCUT2D eigenvalue weighted by molar-refractivity contribution is 0.199. The molecule has 2 nitrogen and oxygen atoms in total. The Morgan fingerprint density at radius 1 is 1.17 bits per heavy atom. The molecule has 2 aliphatic heterocycles. The van der Waals surface area contributed by atoms with E-state index in [9.17, 15) is 0 Å². The van der Waals surface area contributed by atoms with Crippen LogP contribution < -0.4 is 5.32 Å². The van der Waals surface area contributed by atoms with Gasteiger partial charge in [0.1, 0.15) is 0 Å². The molecular formula is C10H18N2. The van der Waals surface area contributed by atoms with Crippen molar-refractivity contribution < 1.29 is 0 Å². The molecule has 12 heavy (non-hydrogen) atoms. The maximum atomic E-state index is 3.56. The molecule has 1 atom stereocenters. The van der Waals surface area contributed by atoms with Crippen LogP contribution in [0.15, 0.2) is 0 Å². The molecule has 3 rings (SSSR count). The summed E-state index contributed by atoms with van der Waals surface area (Å²) in [4.78, 5) is 2.73. The number of nitrogens with one attached hydrogen (secondary N) is 1. The fourth-order valence-electron chi connectivity index (χ4n) is 3.03. The van der Waals surface area contributed by atoms with E-state index < -0.39 is 0 Å². The standard InChI is InChI=1S/C10H18N2/c1-2-6-12(5-1)9-7-11-8-10(9)3-4-10/h9,11H,1-8H2. The molecule has 1 spiro atoms. The zero-order chi connectivity index (χ0) is 8.02. The van der Waals surface area contributed by atoms with Crippen molar-refractivity contribution in [3.05, 3.63) is 0 Å². The van der Waals surface area contributed by atoms with Gasteiger partial charge in [0.2, 0.25) is 0 Å². The van der Waals surface area contributed by atoms with Crippen molar-refractivity contribution in [3.8, 4) is 0 Å². The molecule has 1 saturated carbocycles. The summed E-state index contributed by atoms with van der Waals surface area (Å²) in [5.41, 5.74) is 0.740. The minimum absolute atomic E-state index is 0.740. The van der Waals surface area contributed by atoms with E-state index in [4.69, 9.17) is 0 Å². The number of rotatable bonds is 1.